The molecule has 3 amide bonds. The monoisotopic (exact) mass is 327 g/mol. The molecule has 1 atom stereocenters. The number of amides is 3. The van der Waals surface area contributed by atoms with E-state index >= 15 is 0 Å². The highest BCUT2D eigenvalue weighted by molar-refractivity contribution is 7.99. The maximum Gasteiger partial charge on any atom is 0.319 e. The van der Waals surface area contributed by atoms with Gasteiger partial charge < -0.3 is 19.9 Å². The fraction of sp³-hybridized carbons (Fsp3) is 0.867. The molecule has 7 heteroatoms. The lowest BCUT2D eigenvalue weighted by Gasteiger charge is -2.33. The summed E-state index contributed by atoms with van der Waals surface area (Å²) in [6.45, 7) is 2.47. The third-order valence-corrected chi connectivity index (χ3v) is 5.70. The van der Waals surface area contributed by atoms with Gasteiger partial charge in [0.2, 0.25) is 5.91 Å². The fourth-order valence-electron chi connectivity index (χ4n) is 3.35. The highest BCUT2D eigenvalue weighted by Gasteiger charge is 2.38. The van der Waals surface area contributed by atoms with Crippen LogP contribution in [0.2, 0.25) is 0 Å². The highest BCUT2D eigenvalue weighted by Crippen LogP contribution is 2.24. The minimum Gasteiger partial charge on any atom is -0.378 e. The van der Waals surface area contributed by atoms with Crippen molar-refractivity contribution in [2.45, 2.75) is 44.2 Å². The molecule has 2 heterocycles. The van der Waals surface area contributed by atoms with Crippen LogP contribution in [0, 0.1) is 0 Å². The number of morpholine rings is 1. The quantitative estimate of drug-likeness (QED) is 0.829. The normalized spacial score (nSPS) is 27.0. The first-order valence-corrected chi connectivity index (χ1v) is 9.42. The zero-order chi connectivity index (χ0) is 15.4. The van der Waals surface area contributed by atoms with Crippen molar-refractivity contribution in [3.05, 3.63) is 0 Å². The summed E-state index contributed by atoms with van der Waals surface area (Å²) in [6, 6.07) is -0.0961. The topological polar surface area (TPSA) is 61.9 Å². The molecule has 22 heavy (non-hydrogen) atoms. The second-order valence-corrected chi connectivity index (χ2v) is 7.21. The molecule has 0 spiro atoms. The molecule has 0 aromatic rings. The van der Waals surface area contributed by atoms with Crippen molar-refractivity contribution in [1.29, 1.82) is 0 Å². The summed E-state index contributed by atoms with van der Waals surface area (Å²) >= 11 is 1.66. The van der Waals surface area contributed by atoms with Crippen LogP contribution in [0.1, 0.15) is 32.1 Å². The maximum absolute atomic E-state index is 12.6. The average Bonchev–Trinajstić information content (AvgIpc) is 3.05. The first-order chi connectivity index (χ1) is 10.8. The molecule has 1 aliphatic carbocycles. The second-order valence-electron chi connectivity index (χ2n) is 6.21. The van der Waals surface area contributed by atoms with E-state index in [0.717, 1.165) is 12.8 Å². The summed E-state index contributed by atoms with van der Waals surface area (Å²) in [4.78, 5) is 28.7. The van der Waals surface area contributed by atoms with Crippen LogP contribution in [0.4, 0.5) is 4.79 Å². The Balaban J connectivity index is 1.56. The second kappa shape index (κ2) is 7.55. The van der Waals surface area contributed by atoms with Crippen molar-refractivity contribution < 1.29 is 14.3 Å². The Morgan fingerprint density at radius 1 is 1.09 bits per heavy atom. The van der Waals surface area contributed by atoms with Gasteiger partial charge in [-0.25, -0.2) is 4.79 Å². The van der Waals surface area contributed by atoms with Gasteiger partial charge in [0.25, 0.3) is 0 Å². The zero-order valence-electron chi connectivity index (χ0n) is 13.0. The van der Waals surface area contributed by atoms with Crippen LogP contribution in [0.15, 0.2) is 0 Å². The zero-order valence-corrected chi connectivity index (χ0v) is 13.8. The van der Waals surface area contributed by atoms with Crippen molar-refractivity contribution >= 4 is 23.7 Å². The number of rotatable bonds is 2. The molecular formula is C15H25N3O3S. The first-order valence-electron chi connectivity index (χ1n) is 8.27. The van der Waals surface area contributed by atoms with Crippen molar-refractivity contribution in [3.63, 3.8) is 0 Å². The molecule has 3 aliphatic rings. The van der Waals surface area contributed by atoms with Gasteiger partial charge in [0.05, 0.1) is 19.1 Å². The van der Waals surface area contributed by atoms with Crippen LogP contribution < -0.4 is 5.32 Å². The average molecular weight is 327 g/mol. The number of urea groups is 1. The summed E-state index contributed by atoms with van der Waals surface area (Å²) in [5, 5.41) is 3.13. The number of nitrogens with one attached hydrogen (secondary N) is 1. The number of carbonyl (C=O) groups is 2. The number of thioether (sulfide) groups is 1. The molecule has 2 aliphatic heterocycles. The van der Waals surface area contributed by atoms with Crippen LogP contribution >= 0.6 is 11.8 Å². The van der Waals surface area contributed by atoms with Gasteiger partial charge in [0.1, 0.15) is 6.04 Å². The maximum atomic E-state index is 12.6. The fourth-order valence-corrected chi connectivity index (χ4v) is 4.49. The Labute approximate surface area is 135 Å². The summed E-state index contributed by atoms with van der Waals surface area (Å²) < 4.78 is 5.30. The van der Waals surface area contributed by atoms with E-state index < -0.39 is 0 Å². The molecule has 0 aromatic heterocycles. The predicted molar refractivity (Wildman–Crippen MR) is 85.8 cm³/mol. The Hall–Kier alpha value is -0.950. The molecule has 2 saturated heterocycles. The van der Waals surface area contributed by atoms with E-state index in [2.05, 4.69) is 5.32 Å². The third-order valence-electron chi connectivity index (χ3n) is 4.68. The van der Waals surface area contributed by atoms with Crippen molar-refractivity contribution in [1.82, 2.24) is 15.1 Å². The summed E-state index contributed by atoms with van der Waals surface area (Å²) in [5.74, 6) is 1.39. The molecule has 0 bridgehead atoms. The Kier molecular flexibility index (Phi) is 5.46. The van der Waals surface area contributed by atoms with Gasteiger partial charge in [0.15, 0.2) is 0 Å². The molecule has 3 fully saturated rings. The van der Waals surface area contributed by atoms with Gasteiger partial charge in [-0.2, -0.15) is 0 Å². The smallest absolute Gasteiger partial charge is 0.319 e. The predicted octanol–water partition coefficient (Wildman–Crippen LogP) is 1.26. The van der Waals surface area contributed by atoms with Crippen molar-refractivity contribution in [2.24, 2.45) is 0 Å². The van der Waals surface area contributed by atoms with Gasteiger partial charge in [-0.1, -0.05) is 19.3 Å². The van der Waals surface area contributed by atoms with Crippen molar-refractivity contribution in [2.75, 3.05) is 37.9 Å². The third kappa shape index (κ3) is 3.68. The molecule has 6 nitrogen and oxygen atoms in total. The molecule has 0 aromatic carbocycles. The lowest BCUT2D eigenvalue weighted by atomic mass is 9.96. The Bertz CT molecular complexity index is 409. The van der Waals surface area contributed by atoms with Gasteiger partial charge in [-0.3, -0.25) is 4.79 Å². The van der Waals surface area contributed by atoms with Crippen LogP contribution in [0.5, 0.6) is 0 Å². The summed E-state index contributed by atoms with van der Waals surface area (Å²) in [6.07, 6.45) is 5.78. The van der Waals surface area contributed by atoms with E-state index in [1.165, 1.54) is 19.3 Å². The van der Waals surface area contributed by atoms with Crippen molar-refractivity contribution in [3.8, 4) is 0 Å². The van der Waals surface area contributed by atoms with E-state index in [4.69, 9.17) is 4.74 Å². The van der Waals surface area contributed by atoms with E-state index in [-0.39, 0.29) is 24.0 Å². The minimum atomic E-state index is -0.313. The van der Waals surface area contributed by atoms with E-state index in [9.17, 15) is 9.59 Å². The summed E-state index contributed by atoms with van der Waals surface area (Å²) in [7, 11) is 0. The van der Waals surface area contributed by atoms with Crippen LogP contribution in [-0.2, 0) is 9.53 Å². The van der Waals surface area contributed by atoms with Gasteiger partial charge in [-0.15, -0.1) is 11.8 Å². The Morgan fingerprint density at radius 2 is 1.82 bits per heavy atom. The molecule has 1 saturated carbocycles. The largest absolute Gasteiger partial charge is 0.378 e. The van der Waals surface area contributed by atoms with E-state index in [0.29, 0.717) is 37.9 Å². The molecule has 3 rings (SSSR count). The van der Waals surface area contributed by atoms with Gasteiger partial charge in [-0.05, 0) is 12.8 Å². The number of ether oxygens (including phenoxy) is 1. The molecule has 1 N–H and O–H groups in total. The van der Waals surface area contributed by atoms with Gasteiger partial charge >= 0.3 is 6.03 Å². The Morgan fingerprint density at radius 3 is 2.55 bits per heavy atom. The molecule has 124 valence electrons. The highest BCUT2D eigenvalue weighted by atomic mass is 32.2. The number of nitrogens with zero attached hydrogens (tertiary/aromatic N) is 2. The number of hydrogen-bond acceptors (Lipinski definition) is 4. The first kappa shape index (κ1) is 15.9. The summed E-state index contributed by atoms with van der Waals surface area (Å²) in [5.41, 5.74) is 0. The number of carbonyl (C=O) groups excluding carboxylic acids is 2. The molecule has 0 radical (unpaired) electrons. The standard InChI is InChI=1S/C15H25N3O3S/c19-14(17-6-8-21-9-7-17)13-10-22-11-18(13)15(20)16-12-4-2-1-3-5-12/h12-13H,1-11H2,(H,16,20)/t13-/m0/s1. The van der Waals surface area contributed by atoms with Gasteiger partial charge in [0, 0.05) is 24.9 Å². The van der Waals surface area contributed by atoms with Crippen LogP contribution in [0.3, 0.4) is 0 Å². The number of hydrogen-bond donors (Lipinski definition) is 1. The SMILES string of the molecule is O=C([C@@H]1CSCN1C(=O)NC1CCCCC1)N1CCOCC1. The lowest BCUT2D eigenvalue weighted by Crippen LogP contribution is -2.55. The van der Waals surface area contributed by atoms with E-state index in [1.807, 2.05) is 4.90 Å². The van der Waals surface area contributed by atoms with Crippen LogP contribution in [-0.4, -0.2) is 71.8 Å². The molecule has 0 unspecified atom stereocenters. The minimum absolute atomic E-state index is 0.0662. The van der Waals surface area contributed by atoms with E-state index in [1.54, 1.807) is 16.7 Å². The van der Waals surface area contributed by atoms with Crippen LogP contribution in [0.25, 0.3) is 0 Å². The molecular weight excluding hydrogens is 302 g/mol. The lowest BCUT2D eigenvalue weighted by molar-refractivity contribution is -0.138.